The van der Waals surface area contributed by atoms with E-state index in [1.54, 1.807) is 13.4 Å². The van der Waals surface area contributed by atoms with Crippen molar-refractivity contribution in [1.82, 2.24) is 19.5 Å². The van der Waals surface area contributed by atoms with Crippen molar-refractivity contribution in [3.8, 4) is 5.75 Å². The largest absolute Gasteiger partial charge is 0.497 e. The number of nitrogens with zero attached hydrogens (tertiary/aromatic N) is 4. The van der Waals surface area contributed by atoms with E-state index in [0.717, 1.165) is 11.3 Å². The zero-order valence-electron chi connectivity index (χ0n) is 15.9. The number of carboxylic acids is 1. The van der Waals surface area contributed by atoms with Gasteiger partial charge < -0.3 is 24.9 Å². The molecule has 5 rings (SSSR count). The fraction of sp³-hybridized carbons (Fsp3) is 0.400. The summed E-state index contributed by atoms with van der Waals surface area (Å²) in [7, 11) is 1.62. The van der Waals surface area contributed by atoms with E-state index in [2.05, 4.69) is 15.0 Å². The molecule has 1 unspecified atom stereocenters. The Hall–Kier alpha value is -3.20. The lowest BCUT2D eigenvalue weighted by molar-refractivity contribution is -0.144. The zero-order chi connectivity index (χ0) is 20.2. The Labute approximate surface area is 166 Å². The fourth-order valence-corrected chi connectivity index (χ4v) is 4.63. The Morgan fingerprint density at radius 3 is 2.79 bits per heavy atom. The van der Waals surface area contributed by atoms with Crippen LogP contribution in [0.15, 0.2) is 36.9 Å². The Balaban J connectivity index is 1.44. The quantitative estimate of drug-likeness (QED) is 0.649. The zero-order valence-corrected chi connectivity index (χ0v) is 15.9. The lowest BCUT2D eigenvalue weighted by Gasteiger charge is -2.24. The van der Waals surface area contributed by atoms with Crippen LogP contribution >= 0.6 is 0 Å². The van der Waals surface area contributed by atoms with Crippen LogP contribution < -0.4 is 10.5 Å². The van der Waals surface area contributed by atoms with Crippen molar-refractivity contribution < 1.29 is 19.4 Å². The van der Waals surface area contributed by atoms with Crippen molar-refractivity contribution in [1.29, 1.82) is 0 Å². The van der Waals surface area contributed by atoms with E-state index < -0.39 is 11.4 Å². The van der Waals surface area contributed by atoms with Gasteiger partial charge in [0.2, 0.25) is 0 Å². The van der Waals surface area contributed by atoms with Crippen molar-refractivity contribution in [3.05, 3.63) is 42.5 Å². The fourth-order valence-electron chi connectivity index (χ4n) is 4.63. The molecule has 0 bridgehead atoms. The summed E-state index contributed by atoms with van der Waals surface area (Å²) in [6.45, 7) is 0.386. The highest BCUT2D eigenvalue weighted by molar-refractivity contribution is 5.82. The monoisotopic (exact) mass is 395 g/mol. The van der Waals surface area contributed by atoms with Crippen molar-refractivity contribution in [2.24, 2.45) is 11.3 Å². The third-order valence-corrected chi connectivity index (χ3v) is 6.25. The lowest BCUT2D eigenvalue weighted by Crippen LogP contribution is -2.25. The maximum atomic E-state index is 11.9. The van der Waals surface area contributed by atoms with Crippen molar-refractivity contribution in [2.45, 2.75) is 31.6 Å². The number of benzene rings is 1. The molecule has 0 spiro atoms. The molecule has 9 nitrogen and oxygen atoms in total. The average Bonchev–Trinajstić information content (AvgIpc) is 3.13. The molecule has 9 heteroatoms. The second-order valence-electron chi connectivity index (χ2n) is 7.75. The second-order valence-corrected chi connectivity index (χ2v) is 7.75. The molecule has 0 saturated heterocycles. The normalized spacial score (nSPS) is 27.7. The third kappa shape index (κ3) is 2.72. The van der Waals surface area contributed by atoms with Crippen LogP contribution in [0.25, 0.3) is 11.2 Å². The number of imidazole rings is 1. The van der Waals surface area contributed by atoms with Crippen molar-refractivity contribution in [3.63, 3.8) is 0 Å². The minimum absolute atomic E-state index is 0.0190. The van der Waals surface area contributed by atoms with E-state index in [0.29, 0.717) is 36.4 Å². The molecule has 2 aromatic heterocycles. The molecular formula is C20H21N5O4. The number of anilines is 1. The number of fused-ring (bicyclic) bond motifs is 2. The summed E-state index contributed by atoms with van der Waals surface area (Å²) in [4.78, 5) is 24.6. The highest BCUT2D eigenvalue weighted by atomic mass is 16.5. The predicted octanol–water partition coefficient (Wildman–Crippen LogP) is 2.04. The number of methoxy groups -OCH3 is 1. The van der Waals surface area contributed by atoms with Gasteiger partial charge in [0, 0.05) is 0 Å². The predicted molar refractivity (Wildman–Crippen MR) is 103 cm³/mol. The first-order valence-corrected chi connectivity index (χ1v) is 9.44. The van der Waals surface area contributed by atoms with Gasteiger partial charge in [-0.25, -0.2) is 15.0 Å². The average molecular weight is 395 g/mol. The highest BCUT2D eigenvalue weighted by Crippen LogP contribution is 2.68. The summed E-state index contributed by atoms with van der Waals surface area (Å²) < 4.78 is 13.3. The molecule has 2 saturated carbocycles. The molecular weight excluding hydrogens is 374 g/mol. The van der Waals surface area contributed by atoms with Gasteiger partial charge in [-0.15, -0.1) is 0 Å². The number of carbonyl (C=O) groups is 1. The number of nitrogens with two attached hydrogens (primary N) is 1. The van der Waals surface area contributed by atoms with Gasteiger partial charge in [0.05, 0.1) is 37.6 Å². The van der Waals surface area contributed by atoms with E-state index >= 15 is 0 Å². The van der Waals surface area contributed by atoms with Crippen LogP contribution in [-0.4, -0.2) is 43.8 Å². The molecule has 3 aromatic rings. The second kappa shape index (κ2) is 6.41. The number of ether oxygens (including phenoxy) is 2. The van der Waals surface area contributed by atoms with Gasteiger partial charge in [-0.3, -0.25) is 4.79 Å². The smallest absolute Gasteiger partial charge is 0.310 e. The maximum Gasteiger partial charge on any atom is 0.310 e. The van der Waals surface area contributed by atoms with Gasteiger partial charge in [0.15, 0.2) is 11.5 Å². The van der Waals surface area contributed by atoms with E-state index in [-0.39, 0.29) is 18.1 Å². The van der Waals surface area contributed by atoms with Crippen LogP contribution in [0.5, 0.6) is 5.75 Å². The number of hydrogen-bond acceptors (Lipinski definition) is 7. The minimum Gasteiger partial charge on any atom is -0.497 e. The van der Waals surface area contributed by atoms with Crippen LogP contribution in [0.3, 0.4) is 0 Å². The third-order valence-electron chi connectivity index (χ3n) is 6.25. The molecule has 4 atom stereocenters. The topological polar surface area (TPSA) is 125 Å². The van der Waals surface area contributed by atoms with E-state index in [9.17, 15) is 9.90 Å². The number of carboxylic acid groups (broad SMARTS) is 1. The Bertz CT molecular complexity index is 1080. The molecule has 0 aliphatic heterocycles. The molecule has 150 valence electrons. The van der Waals surface area contributed by atoms with Gasteiger partial charge in [-0.1, -0.05) is 12.1 Å². The van der Waals surface area contributed by atoms with E-state index in [1.807, 2.05) is 28.8 Å². The maximum absolute atomic E-state index is 11.9. The number of nitrogen functional groups attached to an aromatic ring is 1. The molecule has 3 N–H and O–H groups in total. The molecule has 0 amide bonds. The van der Waals surface area contributed by atoms with E-state index in [4.69, 9.17) is 15.2 Å². The van der Waals surface area contributed by atoms with Gasteiger partial charge in [0.25, 0.3) is 0 Å². The number of aliphatic carboxylic acids is 1. The molecule has 2 aliphatic carbocycles. The van der Waals surface area contributed by atoms with Crippen LogP contribution in [0.4, 0.5) is 5.82 Å². The van der Waals surface area contributed by atoms with Crippen LogP contribution in [0.1, 0.15) is 24.4 Å². The van der Waals surface area contributed by atoms with Gasteiger partial charge >= 0.3 is 5.97 Å². The molecule has 2 aliphatic rings. The summed E-state index contributed by atoms with van der Waals surface area (Å²) in [6.07, 6.45) is 3.90. The number of aromatic nitrogens is 4. The summed E-state index contributed by atoms with van der Waals surface area (Å²) in [5.41, 5.74) is 7.31. The van der Waals surface area contributed by atoms with Gasteiger partial charge in [-0.2, -0.15) is 0 Å². The number of hydrogen-bond donors (Lipinski definition) is 2. The van der Waals surface area contributed by atoms with Crippen molar-refractivity contribution in [2.75, 3.05) is 12.8 Å². The summed E-state index contributed by atoms with van der Waals surface area (Å²) in [6, 6.07) is 7.48. The van der Waals surface area contributed by atoms with E-state index in [1.165, 1.54) is 6.33 Å². The van der Waals surface area contributed by atoms with Gasteiger partial charge in [-0.05, 0) is 36.5 Å². The molecule has 2 heterocycles. The Kier molecular flexibility index (Phi) is 3.95. The number of rotatable bonds is 6. The lowest BCUT2D eigenvalue weighted by atomic mass is 10.0. The van der Waals surface area contributed by atoms with Crippen LogP contribution in [0, 0.1) is 11.3 Å². The highest BCUT2D eigenvalue weighted by Gasteiger charge is 2.71. The molecule has 2 fully saturated rings. The summed E-state index contributed by atoms with van der Waals surface area (Å²) in [5, 5.41) is 9.81. The first-order chi connectivity index (χ1) is 14.0. The standard InChI is InChI=1S/C20H21N5O4/c1-28-12-4-2-11(3-5-12)8-29-14-7-20(19(26)27)6-13(20)16(14)25-10-24-15-17(21)22-9-23-18(15)25/h2-5,9-10,13-14,16H,6-8H2,1H3,(H,26,27)(H2,21,22,23)/t13?,14-,16+,20+/m0/s1. The minimum atomic E-state index is -0.762. The summed E-state index contributed by atoms with van der Waals surface area (Å²) in [5.74, 6) is 0.305. The molecule has 29 heavy (non-hydrogen) atoms. The Morgan fingerprint density at radius 1 is 1.28 bits per heavy atom. The Morgan fingerprint density at radius 2 is 2.07 bits per heavy atom. The SMILES string of the molecule is COc1ccc(CO[C@H]2C[C@]3(C(=O)O)CC3[C@H]2n2cnc3c(N)ncnc32)cc1. The van der Waals surface area contributed by atoms with Crippen LogP contribution in [-0.2, 0) is 16.1 Å². The molecule has 1 aromatic carbocycles. The summed E-state index contributed by atoms with van der Waals surface area (Å²) >= 11 is 0. The molecule has 0 radical (unpaired) electrons. The van der Waals surface area contributed by atoms with Crippen LogP contribution in [0.2, 0.25) is 0 Å². The van der Waals surface area contributed by atoms with Gasteiger partial charge in [0.1, 0.15) is 17.6 Å². The first-order valence-electron chi connectivity index (χ1n) is 9.44. The first kappa shape index (κ1) is 17.9. The van der Waals surface area contributed by atoms with Crippen molar-refractivity contribution >= 4 is 23.0 Å².